The van der Waals surface area contributed by atoms with E-state index in [1.807, 2.05) is 24.3 Å². The molecule has 1 aromatic carbocycles. The highest BCUT2D eigenvalue weighted by molar-refractivity contribution is 5.82. The molecular weight excluding hydrogens is 230 g/mol. The summed E-state index contributed by atoms with van der Waals surface area (Å²) in [4.78, 5) is 23.8. The third kappa shape index (κ3) is 2.61. The Kier molecular flexibility index (Phi) is 3.82. The number of nitrogens with one attached hydrogen (secondary N) is 1. The van der Waals surface area contributed by atoms with Gasteiger partial charge in [0, 0.05) is 19.0 Å². The van der Waals surface area contributed by atoms with Crippen molar-refractivity contribution in [1.82, 2.24) is 0 Å². The summed E-state index contributed by atoms with van der Waals surface area (Å²) in [7, 11) is 0. The third-order valence-electron chi connectivity index (χ3n) is 3.36. The number of benzene rings is 1. The molecule has 2 rings (SSSR count). The second kappa shape index (κ2) is 5.53. The molecule has 5 nitrogen and oxygen atoms in total. The van der Waals surface area contributed by atoms with Gasteiger partial charge in [-0.15, -0.1) is 0 Å². The maximum absolute atomic E-state index is 11.1. The van der Waals surface area contributed by atoms with Gasteiger partial charge in [-0.25, -0.2) is 0 Å². The largest absolute Gasteiger partial charge is 0.370 e. The van der Waals surface area contributed by atoms with Crippen LogP contribution in [0.2, 0.25) is 0 Å². The van der Waals surface area contributed by atoms with E-state index in [0.717, 1.165) is 37.3 Å². The number of para-hydroxylation sites is 2. The molecule has 1 aliphatic heterocycles. The SMILES string of the molecule is NC(=O)C1CCN(c2ccccc2NC=O)CC1. The van der Waals surface area contributed by atoms with Gasteiger partial charge in [-0.3, -0.25) is 9.59 Å². The molecule has 1 aliphatic rings. The van der Waals surface area contributed by atoms with Crippen LogP contribution < -0.4 is 16.0 Å². The predicted octanol–water partition coefficient (Wildman–Crippen LogP) is 0.957. The minimum atomic E-state index is -0.214. The lowest BCUT2D eigenvalue weighted by molar-refractivity contribution is -0.122. The van der Waals surface area contributed by atoms with Gasteiger partial charge in [-0.2, -0.15) is 0 Å². The summed E-state index contributed by atoms with van der Waals surface area (Å²) in [6, 6.07) is 7.65. The van der Waals surface area contributed by atoms with Crippen LogP contribution in [0.1, 0.15) is 12.8 Å². The Labute approximate surface area is 106 Å². The van der Waals surface area contributed by atoms with E-state index in [1.165, 1.54) is 0 Å². The molecule has 0 aliphatic carbocycles. The lowest BCUT2D eigenvalue weighted by Gasteiger charge is -2.33. The minimum Gasteiger partial charge on any atom is -0.370 e. The molecule has 5 heteroatoms. The van der Waals surface area contributed by atoms with Crippen molar-refractivity contribution in [1.29, 1.82) is 0 Å². The number of primary amides is 1. The fourth-order valence-corrected chi connectivity index (χ4v) is 2.34. The van der Waals surface area contributed by atoms with E-state index >= 15 is 0 Å². The maximum atomic E-state index is 11.1. The molecule has 0 unspecified atom stereocenters. The smallest absolute Gasteiger partial charge is 0.220 e. The average molecular weight is 247 g/mol. The van der Waals surface area contributed by atoms with Crippen molar-refractivity contribution in [3.05, 3.63) is 24.3 Å². The zero-order chi connectivity index (χ0) is 13.0. The Morgan fingerprint density at radius 2 is 2.00 bits per heavy atom. The lowest BCUT2D eigenvalue weighted by Crippen LogP contribution is -2.38. The molecule has 2 amide bonds. The zero-order valence-electron chi connectivity index (χ0n) is 10.1. The highest BCUT2D eigenvalue weighted by atomic mass is 16.1. The van der Waals surface area contributed by atoms with E-state index in [2.05, 4.69) is 10.2 Å². The second-order valence-corrected chi connectivity index (χ2v) is 4.44. The molecule has 1 saturated heterocycles. The monoisotopic (exact) mass is 247 g/mol. The van der Waals surface area contributed by atoms with Gasteiger partial charge in [0.1, 0.15) is 0 Å². The van der Waals surface area contributed by atoms with Crippen molar-refractivity contribution in [3.8, 4) is 0 Å². The van der Waals surface area contributed by atoms with Crippen molar-refractivity contribution in [2.75, 3.05) is 23.3 Å². The summed E-state index contributed by atoms with van der Waals surface area (Å²) in [5.41, 5.74) is 7.10. The molecule has 3 N–H and O–H groups in total. The molecule has 0 bridgehead atoms. The number of amides is 2. The van der Waals surface area contributed by atoms with E-state index in [-0.39, 0.29) is 11.8 Å². The summed E-state index contributed by atoms with van der Waals surface area (Å²) in [6.07, 6.45) is 2.21. The average Bonchev–Trinajstić information content (AvgIpc) is 2.40. The molecule has 1 aromatic rings. The van der Waals surface area contributed by atoms with Gasteiger partial charge in [0.15, 0.2) is 0 Å². The Bertz CT molecular complexity index is 440. The summed E-state index contributed by atoms with van der Waals surface area (Å²) < 4.78 is 0. The van der Waals surface area contributed by atoms with Gasteiger partial charge in [0.2, 0.25) is 12.3 Å². The zero-order valence-corrected chi connectivity index (χ0v) is 10.1. The van der Waals surface area contributed by atoms with Gasteiger partial charge < -0.3 is 16.0 Å². The number of nitrogens with two attached hydrogens (primary N) is 1. The summed E-state index contributed by atoms with van der Waals surface area (Å²) in [6.45, 7) is 1.57. The van der Waals surface area contributed by atoms with Crippen molar-refractivity contribution in [2.45, 2.75) is 12.8 Å². The molecular formula is C13H17N3O2. The fourth-order valence-electron chi connectivity index (χ4n) is 2.34. The summed E-state index contributed by atoms with van der Waals surface area (Å²) in [5.74, 6) is -0.235. The van der Waals surface area contributed by atoms with Crippen LogP contribution in [0, 0.1) is 5.92 Å². The first-order valence-corrected chi connectivity index (χ1v) is 6.06. The first-order chi connectivity index (χ1) is 8.72. The van der Waals surface area contributed by atoms with Crippen molar-refractivity contribution < 1.29 is 9.59 Å². The molecule has 0 aromatic heterocycles. The standard InChI is InChI=1S/C13H17N3O2/c14-13(18)10-5-7-16(8-6-10)12-4-2-1-3-11(12)15-9-17/h1-4,9-10H,5-8H2,(H2,14,18)(H,15,17). The number of carbonyl (C=O) groups is 2. The predicted molar refractivity (Wildman–Crippen MR) is 70.3 cm³/mol. The molecule has 0 atom stereocenters. The highest BCUT2D eigenvalue weighted by Crippen LogP contribution is 2.29. The van der Waals surface area contributed by atoms with E-state index in [0.29, 0.717) is 6.41 Å². The summed E-state index contributed by atoms with van der Waals surface area (Å²) >= 11 is 0. The van der Waals surface area contributed by atoms with Gasteiger partial charge >= 0.3 is 0 Å². The first kappa shape index (κ1) is 12.4. The maximum Gasteiger partial charge on any atom is 0.220 e. The normalized spacial score (nSPS) is 16.3. The van der Waals surface area contributed by atoms with Crippen LogP contribution in [0.25, 0.3) is 0 Å². The number of anilines is 2. The number of piperidine rings is 1. The first-order valence-electron chi connectivity index (χ1n) is 6.06. The third-order valence-corrected chi connectivity index (χ3v) is 3.36. The quantitative estimate of drug-likeness (QED) is 0.778. The van der Waals surface area contributed by atoms with E-state index < -0.39 is 0 Å². The molecule has 1 heterocycles. The molecule has 18 heavy (non-hydrogen) atoms. The van der Waals surface area contributed by atoms with Crippen LogP contribution in [-0.4, -0.2) is 25.4 Å². The van der Waals surface area contributed by atoms with Crippen LogP contribution in [-0.2, 0) is 9.59 Å². The Balaban J connectivity index is 2.09. The second-order valence-electron chi connectivity index (χ2n) is 4.44. The molecule has 1 fully saturated rings. The van der Waals surface area contributed by atoms with Crippen LogP contribution in [0.15, 0.2) is 24.3 Å². The van der Waals surface area contributed by atoms with Crippen LogP contribution in [0.3, 0.4) is 0 Å². The summed E-state index contributed by atoms with van der Waals surface area (Å²) in [5, 5.41) is 2.69. The van der Waals surface area contributed by atoms with Gasteiger partial charge in [-0.1, -0.05) is 12.1 Å². The van der Waals surface area contributed by atoms with Crippen LogP contribution in [0.5, 0.6) is 0 Å². The number of hydrogen-bond acceptors (Lipinski definition) is 3. The molecule has 0 radical (unpaired) electrons. The minimum absolute atomic E-state index is 0.0209. The molecule has 0 saturated carbocycles. The number of carbonyl (C=O) groups excluding carboxylic acids is 2. The van der Waals surface area contributed by atoms with Crippen LogP contribution >= 0.6 is 0 Å². The Hall–Kier alpha value is -2.04. The van der Waals surface area contributed by atoms with E-state index in [9.17, 15) is 9.59 Å². The molecule has 96 valence electrons. The Morgan fingerprint density at radius 1 is 1.33 bits per heavy atom. The van der Waals surface area contributed by atoms with Gasteiger partial charge in [0.05, 0.1) is 11.4 Å². The number of hydrogen-bond donors (Lipinski definition) is 2. The van der Waals surface area contributed by atoms with Crippen molar-refractivity contribution in [2.24, 2.45) is 11.7 Å². The van der Waals surface area contributed by atoms with Crippen LogP contribution in [0.4, 0.5) is 11.4 Å². The lowest BCUT2D eigenvalue weighted by atomic mass is 9.96. The molecule has 0 spiro atoms. The van der Waals surface area contributed by atoms with E-state index in [4.69, 9.17) is 5.73 Å². The number of nitrogens with zero attached hydrogens (tertiary/aromatic N) is 1. The van der Waals surface area contributed by atoms with Gasteiger partial charge in [0.25, 0.3) is 0 Å². The fraction of sp³-hybridized carbons (Fsp3) is 0.385. The van der Waals surface area contributed by atoms with Gasteiger partial charge in [-0.05, 0) is 25.0 Å². The Morgan fingerprint density at radius 3 is 2.61 bits per heavy atom. The van der Waals surface area contributed by atoms with Crippen molar-refractivity contribution >= 4 is 23.7 Å². The van der Waals surface area contributed by atoms with E-state index in [1.54, 1.807) is 0 Å². The number of rotatable bonds is 4. The topological polar surface area (TPSA) is 75.4 Å². The van der Waals surface area contributed by atoms with Crippen molar-refractivity contribution in [3.63, 3.8) is 0 Å². The highest BCUT2D eigenvalue weighted by Gasteiger charge is 2.24.